The summed E-state index contributed by atoms with van der Waals surface area (Å²) < 4.78 is 13.4. The van der Waals surface area contributed by atoms with Crippen LogP contribution in [0.25, 0.3) is 0 Å². The van der Waals surface area contributed by atoms with Gasteiger partial charge in [0.25, 0.3) is 0 Å². The highest BCUT2D eigenvalue weighted by Gasteiger charge is 2.32. The molecular formula is C23H21ClFN3. The Labute approximate surface area is 169 Å². The number of nitrogens with zero attached hydrogens (tertiary/aromatic N) is 1. The van der Waals surface area contributed by atoms with E-state index < -0.39 is 0 Å². The first kappa shape index (κ1) is 18.5. The molecule has 28 heavy (non-hydrogen) atoms. The Hall–Kier alpha value is -2.85. The molecule has 1 aliphatic rings. The van der Waals surface area contributed by atoms with Crippen molar-refractivity contribution in [3.05, 3.63) is 106 Å². The van der Waals surface area contributed by atoms with Crippen LogP contribution in [0.4, 0.5) is 4.39 Å². The number of benzene rings is 3. The summed E-state index contributed by atoms with van der Waals surface area (Å²) in [5.74, 6) is 0.456. The molecule has 0 aliphatic carbocycles. The number of hydrogen-bond acceptors (Lipinski definition) is 1. The van der Waals surface area contributed by atoms with Crippen molar-refractivity contribution in [3.63, 3.8) is 0 Å². The van der Waals surface area contributed by atoms with Crippen LogP contribution in [0.2, 0.25) is 5.02 Å². The minimum atomic E-state index is -0.248. The number of halogens is 2. The van der Waals surface area contributed by atoms with Crippen LogP contribution in [0.5, 0.6) is 0 Å². The number of nitrogens with one attached hydrogen (secondary N) is 2. The highest BCUT2D eigenvalue weighted by atomic mass is 35.5. The first-order chi connectivity index (χ1) is 13.6. The molecule has 3 aromatic carbocycles. The van der Waals surface area contributed by atoms with Crippen LogP contribution in [0.3, 0.4) is 0 Å². The molecule has 3 aromatic rings. The Morgan fingerprint density at radius 2 is 1.61 bits per heavy atom. The second-order valence-corrected chi connectivity index (χ2v) is 7.44. The van der Waals surface area contributed by atoms with Crippen LogP contribution in [0, 0.1) is 12.7 Å². The lowest BCUT2D eigenvalue weighted by atomic mass is 9.94. The Morgan fingerprint density at radius 1 is 0.893 bits per heavy atom. The van der Waals surface area contributed by atoms with Gasteiger partial charge in [0.1, 0.15) is 5.82 Å². The zero-order valence-electron chi connectivity index (χ0n) is 15.5. The third-order valence-corrected chi connectivity index (χ3v) is 5.11. The maximum Gasteiger partial charge on any atom is 0.192 e. The molecule has 0 bridgehead atoms. The molecule has 1 saturated heterocycles. The highest BCUT2D eigenvalue weighted by molar-refractivity contribution is 6.30. The number of aryl methyl sites for hydroxylation is 1. The van der Waals surface area contributed by atoms with Crippen LogP contribution < -0.4 is 10.6 Å². The summed E-state index contributed by atoms with van der Waals surface area (Å²) in [6.45, 7) is 2.49. The number of rotatable bonds is 4. The third-order valence-electron chi connectivity index (χ3n) is 4.86. The van der Waals surface area contributed by atoms with E-state index in [1.807, 2.05) is 30.3 Å². The SMILES string of the molecule is Cc1cccc([C@H]2NC(=NCc3cccc(F)c3)N[C@H]2c2ccc(Cl)cc2)c1. The maximum atomic E-state index is 13.4. The molecule has 0 spiro atoms. The fourth-order valence-corrected chi connectivity index (χ4v) is 3.61. The molecule has 0 unspecified atom stereocenters. The summed E-state index contributed by atoms with van der Waals surface area (Å²) in [5, 5.41) is 7.69. The molecule has 0 radical (unpaired) electrons. The van der Waals surface area contributed by atoms with Crippen LogP contribution in [-0.4, -0.2) is 5.96 Å². The van der Waals surface area contributed by atoms with Crippen molar-refractivity contribution in [2.24, 2.45) is 4.99 Å². The second-order valence-electron chi connectivity index (χ2n) is 7.00. The lowest BCUT2D eigenvalue weighted by Crippen LogP contribution is -2.25. The van der Waals surface area contributed by atoms with Crippen molar-refractivity contribution >= 4 is 17.6 Å². The van der Waals surface area contributed by atoms with Gasteiger partial charge in [-0.2, -0.15) is 0 Å². The standard InChI is InChI=1S/C23H21ClFN3/c1-15-4-2-6-18(12-15)22-21(17-8-10-19(24)11-9-17)27-23(28-22)26-14-16-5-3-7-20(25)13-16/h2-13,21-22H,14H2,1H3,(H2,26,27,28)/t21-,22+/m0/s1. The Kier molecular flexibility index (Phi) is 5.31. The van der Waals surface area contributed by atoms with Gasteiger partial charge in [-0.3, -0.25) is 0 Å². The van der Waals surface area contributed by atoms with Crippen molar-refractivity contribution in [2.45, 2.75) is 25.6 Å². The van der Waals surface area contributed by atoms with E-state index in [-0.39, 0.29) is 17.9 Å². The van der Waals surface area contributed by atoms with E-state index in [9.17, 15) is 4.39 Å². The van der Waals surface area contributed by atoms with Gasteiger partial charge in [-0.05, 0) is 47.9 Å². The van der Waals surface area contributed by atoms with Gasteiger partial charge in [-0.25, -0.2) is 9.38 Å². The fraction of sp³-hybridized carbons (Fsp3) is 0.174. The molecule has 3 nitrogen and oxygen atoms in total. The van der Waals surface area contributed by atoms with Gasteiger partial charge in [0.05, 0.1) is 18.6 Å². The van der Waals surface area contributed by atoms with E-state index >= 15 is 0 Å². The average molecular weight is 394 g/mol. The van der Waals surface area contributed by atoms with Gasteiger partial charge < -0.3 is 10.6 Å². The quantitative estimate of drug-likeness (QED) is 0.629. The molecule has 142 valence electrons. The van der Waals surface area contributed by atoms with Crippen molar-refractivity contribution < 1.29 is 4.39 Å². The topological polar surface area (TPSA) is 36.4 Å². The van der Waals surface area contributed by atoms with E-state index in [0.29, 0.717) is 17.5 Å². The minimum absolute atomic E-state index is 0.0188. The molecule has 2 atom stereocenters. The first-order valence-electron chi connectivity index (χ1n) is 9.22. The Bertz CT molecular complexity index is 1000. The van der Waals surface area contributed by atoms with Crippen LogP contribution in [-0.2, 0) is 6.54 Å². The van der Waals surface area contributed by atoms with Crippen molar-refractivity contribution in [2.75, 3.05) is 0 Å². The molecular weight excluding hydrogens is 373 g/mol. The summed E-state index contributed by atoms with van der Waals surface area (Å²) in [5.41, 5.74) is 4.35. The molecule has 1 aliphatic heterocycles. The van der Waals surface area contributed by atoms with Crippen LogP contribution >= 0.6 is 11.6 Å². The van der Waals surface area contributed by atoms with Gasteiger partial charge in [0.15, 0.2) is 5.96 Å². The number of hydrogen-bond donors (Lipinski definition) is 2. The highest BCUT2D eigenvalue weighted by Crippen LogP contribution is 2.33. The number of aliphatic imine (C=N–C) groups is 1. The Balaban J connectivity index is 1.62. The summed E-state index contributed by atoms with van der Waals surface area (Å²) in [4.78, 5) is 4.63. The first-order valence-corrected chi connectivity index (χ1v) is 9.60. The van der Waals surface area contributed by atoms with Gasteiger partial charge >= 0.3 is 0 Å². The fourth-order valence-electron chi connectivity index (χ4n) is 3.49. The summed E-state index contributed by atoms with van der Waals surface area (Å²) in [6, 6.07) is 22.9. The smallest absolute Gasteiger partial charge is 0.192 e. The van der Waals surface area contributed by atoms with Gasteiger partial charge in [-0.15, -0.1) is 0 Å². The molecule has 0 aromatic heterocycles. The molecule has 0 saturated carbocycles. The second kappa shape index (κ2) is 8.03. The minimum Gasteiger partial charge on any atom is -0.347 e. The summed E-state index contributed by atoms with van der Waals surface area (Å²) >= 11 is 6.06. The monoisotopic (exact) mass is 393 g/mol. The zero-order valence-corrected chi connectivity index (χ0v) is 16.2. The van der Waals surface area contributed by atoms with Crippen molar-refractivity contribution in [1.82, 2.24) is 10.6 Å². The van der Waals surface area contributed by atoms with Gasteiger partial charge in [-0.1, -0.05) is 65.7 Å². The van der Waals surface area contributed by atoms with Crippen molar-refractivity contribution in [1.29, 1.82) is 0 Å². The molecule has 1 heterocycles. The molecule has 4 rings (SSSR count). The third kappa shape index (κ3) is 4.18. The van der Waals surface area contributed by atoms with E-state index in [1.54, 1.807) is 6.07 Å². The molecule has 5 heteroatoms. The Morgan fingerprint density at radius 3 is 2.32 bits per heavy atom. The van der Waals surface area contributed by atoms with Crippen molar-refractivity contribution in [3.8, 4) is 0 Å². The normalized spacial score (nSPS) is 20.0. The maximum absolute atomic E-state index is 13.4. The molecule has 0 amide bonds. The predicted molar refractivity (Wildman–Crippen MR) is 112 cm³/mol. The van der Waals surface area contributed by atoms with E-state index in [0.717, 1.165) is 11.1 Å². The predicted octanol–water partition coefficient (Wildman–Crippen LogP) is 5.32. The lowest BCUT2D eigenvalue weighted by Gasteiger charge is -2.20. The summed E-state index contributed by atoms with van der Waals surface area (Å²) in [6.07, 6.45) is 0. The summed E-state index contributed by atoms with van der Waals surface area (Å²) in [7, 11) is 0. The molecule has 1 fully saturated rings. The van der Waals surface area contributed by atoms with E-state index in [4.69, 9.17) is 11.6 Å². The zero-order chi connectivity index (χ0) is 19.5. The number of guanidine groups is 1. The van der Waals surface area contributed by atoms with Gasteiger partial charge in [0, 0.05) is 5.02 Å². The van der Waals surface area contributed by atoms with Crippen LogP contribution in [0.15, 0.2) is 77.8 Å². The lowest BCUT2D eigenvalue weighted by molar-refractivity contribution is 0.553. The van der Waals surface area contributed by atoms with E-state index in [1.165, 1.54) is 23.3 Å². The van der Waals surface area contributed by atoms with E-state index in [2.05, 4.69) is 46.8 Å². The van der Waals surface area contributed by atoms with Crippen LogP contribution in [0.1, 0.15) is 34.3 Å². The molecule has 2 N–H and O–H groups in total. The largest absolute Gasteiger partial charge is 0.347 e. The van der Waals surface area contributed by atoms with Gasteiger partial charge in [0.2, 0.25) is 0 Å². The average Bonchev–Trinajstić information content (AvgIpc) is 3.11.